The fourth-order valence-electron chi connectivity index (χ4n) is 2.59. The highest BCUT2D eigenvalue weighted by molar-refractivity contribution is 7.89. The number of hydrogen-bond acceptors (Lipinski definition) is 4. The summed E-state index contributed by atoms with van der Waals surface area (Å²) in [5.74, 6) is 0. The van der Waals surface area contributed by atoms with Gasteiger partial charge < -0.3 is 9.64 Å². The number of sulfonamides is 1. The molecule has 0 saturated carbocycles. The average molecular weight is 435 g/mol. The van der Waals surface area contributed by atoms with E-state index in [4.69, 9.17) is 23.2 Å². The Labute approximate surface area is 160 Å². The normalized spacial score (nSPS) is 17.6. The van der Waals surface area contributed by atoms with Crippen LogP contribution in [0.25, 0.3) is 0 Å². The van der Waals surface area contributed by atoms with Crippen LogP contribution in [-0.4, -0.2) is 69.7 Å². The van der Waals surface area contributed by atoms with Crippen molar-refractivity contribution in [3.05, 3.63) is 28.2 Å². The second kappa shape index (κ2) is 9.07. The summed E-state index contributed by atoms with van der Waals surface area (Å²) in [5, 5.41) is 0.170. The third-order valence-electron chi connectivity index (χ3n) is 3.89. The summed E-state index contributed by atoms with van der Waals surface area (Å²) in [6, 6.07) is 4.45. The Morgan fingerprint density at radius 3 is 2.38 bits per heavy atom. The zero-order valence-electron chi connectivity index (χ0n) is 13.8. The number of hydrogen-bond donors (Lipinski definition) is 0. The fraction of sp³-hybridized carbons (Fsp3) is 0.600. The van der Waals surface area contributed by atoms with Crippen molar-refractivity contribution < 1.29 is 26.3 Å². The van der Waals surface area contributed by atoms with Crippen molar-refractivity contribution >= 4 is 33.2 Å². The molecule has 0 unspecified atom stereocenters. The predicted molar refractivity (Wildman–Crippen MR) is 93.2 cm³/mol. The third kappa shape index (κ3) is 5.97. The second-order valence-corrected chi connectivity index (χ2v) is 8.51. The van der Waals surface area contributed by atoms with Gasteiger partial charge in [-0.15, -0.1) is 0 Å². The number of alkyl halides is 3. The minimum Gasteiger partial charge on any atom is -0.372 e. The predicted octanol–water partition coefficient (Wildman–Crippen LogP) is 3.27. The molecule has 1 aromatic rings. The molecule has 0 atom stereocenters. The van der Waals surface area contributed by atoms with Crippen molar-refractivity contribution in [2.45, 2.75) is 17.5 Å². The van der Waals surface area contributed by atoms with E-state index in [1.165, 1.54) is 22.5 Å². The van der Waals surface area contributed by atoms with Gasteiger partial charge in [0.05, 0.1) is 10.0 Å². The van der Waals surface area contributed by atoms with E-state index in [2.05, 4.69) is 4.74 Å². The molecule has 0 aromatic heterocycles. The van der Waals surface area contributed by atoms with Gasteiger partial charge in [0, 0.05) is 39.3 Å². The van der Waals surface area contributed by atoms with Crippen LogP contribution in [0.15, 0.2) is 23.1 Å². The molecule has 0 amide bonds. The summed E-state index contributed by atoms with van der Waals surface area (Å²) in [7, 11) is -3.74. The van der Waals surface area contributed by atoms with E-state index >= 15 is 0 Å². The first-order valence-corrected chi connectivity index (χ1v) is 10.1. The lowest BCUT2D eigenvalue weighted by atomic mass is 10.3. The second-order valence-electron chi connectivity index (χ2n) is 5.82. The Balaban J connectivity index is 1.81. The zero-order chi connectivity index (χ0) is 19.4. The van der Waals surface area contributed by atoms with Crippen molar-refractivity contribution in [3.63, 3.8) is 0 Å². The Morgan fingerprint density at radius 2 is 1.77 bits per heavy atom. The molecule has 26 heavy (non-hydrogen) atoms. The highest BCUT2D eigenvalue weighted by atomic mass is 35.5. The monoisotopic (exact) mass is 434 g/mol. The van der Waals surface area contributed by atoms with Gasteiger partial charge in [-0.3, -0.25) is 0 Å². The van der Waals surface area contributed by atoms with Crippen molar-refractivity contribution in [3.8, 4) is 0 Å². The fourth-order valence-corrected chi connectivity index (χ4v) is 4.75. The van der Waals surface area contributed by atoms with E-state index in [0.717, 1.165) is 0 Å². The van der Waals surface area contributed by atoms with E-state index in [1.807, 2.05) is 4.90 Å². The van der Waals surface area contributed by atoms with Crippen LogP contribution in [-0.2, 0) is 14.8 Å². The number of ether oxygens (including phenoxy) is 1. The van der Waals surface area contributed by atoms with E-state index in [-0.39, 0.29) is 34.6 Å². The molecule has 11 heteroatoms. The molecule has 0 bridgehead atoms. The maximum absolute atomic E-state index is 12.7. The molecule has 1 aromatic carbocycles. The molecular weight excluding hydrogens is 416 g/mol. The number of piperazine rings is 1. The standard InChI is InChI=1S/C15H19Cl2F3N2O3S/c16-12-3-1-4-13(14(12)17)26(23,24)22-8-6-21(7-9-22)5-2-10-25-11-15(18,19)20/h1,3-4H,2,5-11H2. The molecular formula is C15H19Cl2F3N2O3S. The molecule has 0 spiro atoms. The van der Waals surface area contributed by atoms with Crippen LogP contribution in [0.4, 0.5) is 13.2 Å². The van der Waals surface area contributed by atoms with E-state index in [0.29, 0.717) is 26.1 Å². The summed E-state index contributed by atoms with van der Waals surface area (Å²) in [6.07, 6.45) is -3.87. The lowest BCUT2D eigenvalue weighted by molar-refractivity contribution is -0.174. The molecule has 148 valence electrons. The number of benzene rings is 1. The molecule has 5 nitrogen and oxygen atoms in total. The van der Waals surface area contributed by atoms with Gasteiger partial charge in [-0.25, -0.2) is 8.42 Å². The number of rotatable bonds is 7. The first-order chi connectivity index (χ1) is 12.1. The largest absolute Gasteiger partial charge is 0.411 e. The van der Waals surface area contributed by atoms with Gasteiger partial charge in [0.15, 0.2) is 0 Å². The molecule has 0 radical (unpaired) electrons. The van der Waals surface area contributed by atoms with Crippen LogP contribution in [0.2, 0.25) is 10.0 Å². The molecule has 1 aliphatic heterocycles. The van der Waals surface area contributed by atoms with Crippen LogP contribution in [0.3, 0.4) is 0 Å². The smallest absolute Gasteiger partial charge is 0.372 e. The van der Waals surface area contributed by atoms with E-state index < -0.39 is 22.8 Å². The van der Waals surface area contributed by atoms with Crippen LogP contribution in [0.1, 0.15) is 6.42 Å². The summed E-state index contributed by atoms with van der Waals surface area (Å²) < 4.78 is 67.2. The summed E-state index contributed by atoms with van der Waals surface area (Å²) in [6.45, 7) is 0.815. The Morgan fingerprint density at radius 1 is 1.12 bits per heavy atom. The molecule has 1 fully saturated rings. The van der Waals surface area contributed by atoms with Gasteiger partial charge in [0.1, 0.15) is 11.5 Å². The number of halogens is 5. The first kappa shape index (κ1) is 21.7. The van der Waals surface area contributed by atoms with Crippen molar-refractivity contribution in [2.24, 2.45) is 0 Å². The summed E-state index contributed by atoms with van der Waals surface area (Å²) in [4.78, 5) is 1.96. The Hall–Kier alpha value is -0.580. The van der Waals surface area contributed by atoms with Gasteiger partial charge in [-0.2, -0.15) is 17.5 Å². The molecule has 2 rings (SSSR count). The number of nitrogens with zero attached hydrogens (tertiary/aromatic N) is 2. The minimum atomic E-state index is -4.32. The van der Waals surface area contributed by atoms with E-state index in [9.17, 15) is 21.6 Å². The lowest BCUT2D eigenvalue weighted by Crippen LogP contribution is -2.48. The van der Waals surface area contributed by atoms with Gasteiger partial charge in [0.25, 0.3) is 0 Å². The summed E-state index contributed by atoms with van der Waals surface area (Å²) in [5.41, 5.74) is 0. The minimum absolute atomic E-state index is 0.00147. The Bertz CT molecular complexity index is 709. The maximum atomic E-state index is 12.7. The van der Waals surface area contributed by atoms with Crippen molar-refractivity contribution in [1.82, 2.24) is 9.21 Å². The van der Waals surface area contributed by atoms with Gasteiger partial charge in [0.2, 0.25) is 10.0 Å². The quantitative estimate of drug-likeness (QED) is 0.617. The molecule has 1 saturated heterocycles. The van der Waals surface area contributed by atoms with Gasteiger partial charge in [-0.1, -0.05) is 29.3 Å². The van der Waals surface area contributed by atoms with Crippen LogP contribution >= 0.6 is 23.2 Å². The SMILES string of the molecule is O=S(=O)(c1cccc(Cl)c1Cl)N1CCN(CCCOCC(F)(F)F)CC1. The van der Waals surface area contributed by atoms with Crippen molar-refractivity contribution in [2.75, 3.05) is 45.9 Å². The molecule has 0 N–H and O–H groups in total. The average Bonchev–Trinajstić information content (AvgIpc) is 2.56. The highest BCUT2D eigenvalue weighted by Crippen LogP contribution is 2.31. The van der Waals surface area contributed by atoms with Crippen LogP contribution in [0.5, 0.6) is 0 Å². The Kier molecular flexibility index (Phi) is 7.58. The maximum Gasteiger partial charge on any atom is 0.411 e. The van der Waals surface area contributed by atoms with Crippen LogP contribution in [0, 0.1) is 0 Å². The van der Waals surface area contributed by atoms with Gasteiger partial charge in [-0.05, 0) is 18.6 Å². The zero-order valence-corrected chi connectivity index (χ0v) is 16.1. The lowest BCUT2D eigenvalue weighted by Gasteiger charge is -2.34. The third-order valence-corrected chi connectivity index (χ3v) is 6.77. The molecule has 1 heterocycles. The van der Waals surface area contributed by atoms with E-state index in [1.54, 1.807) is 0 Å². The highest BCUT2D eigenvalue weighted by Gasteiger charge is 2.30. The summed E-state index contributed by atoms with van der Waals surface area (Å²) >= 11 is 11.9. The topological polar surface area (TPSA) is 49.9 Å². The molecule has 0 aliphatic carbocycles. The van der Waals surface area contributed by atoms with Gasteiger partial charge >= 0.3 is 6.18 Å². The first-order valence-electron chi connectivity index (χ1n) is 7.92. The van der Waals surface area contributed by atoms with Crippen molar-refractivity contribution in [1.29, 1.82) is 0 Å². The molecule has 1 aliphatic rings. The van der Waals surface area contributed by atoms with Crippen LogP contribution < -0.4 is 0 Å².